The van der Waals surface area contributed by atoms with Crippen LogP contribution in [0.2, 0.25) is 0 Å². The van der Waals surface area contributed by atoms with Crippen LogP contribution in [0.1, 0.15) is 43.9 Å². The Morgan fingerprint density at radius 1 is 1.33 bits per heavy atom. The zero-order valence-electron chi connectivity index (χ0n) is 9.84. The largest absolute Gasteiger partial charge is 0.332 e. The van der Waals surface area contributed by atoms with Crippen molar-refractivity contribution in [2.45, 2.75) is 52.6 Å². The molecule has 0 spiro atoms. The molecule has 0 aliphatic carbocycles. The Kier molecular flexibility index (Phi) is 3.41. The topological polar surface area (TPSA) is 29.9 Å². The Morgan fingerprint density at radius 2 is 2.20 bits per heavy atom. The second kappa shape index (κ2) is 4.79. The van der Waals surface area contributed by atoms with Crippen molar-refractivity contribution in [3.63, 3.8) is 0 Å². The molecule has 3 heteroatoms. The Balaban J connectivity index is 2.25. The van der Waals surface area contributed by atoms with Crippen molar-refractivity contribution in [2.75, 3.05) is 6.54 Å². The van der Waals surface area contributed by atoms with E-state index in [-0.39, 0.29) is 0 Å². The standard InChI is InChI=1S/C12H21N3/c1-3-12-14-10(9-13-4-2)11-7-5-6-8-15(11)12/h13H,3-9H2,1-2H3. The average Bonchev–Trinajstić information content (AvgIpc) is 2.65. The molecule has 15 heavy (non-hydrogen) atoms. The van der Waals surface area contributed by atoms with Gasteiger partial charge in [-0.2, -0.15) is 0 Å². The van der Waals surface area contributed by atoms with Gasteiger partial charge in [0.15, 0.2) is 0 Å². The average molecular weight is 207 g/mol. The molecule has 0 atom stereocenters. The molecule has 0 bridgehead atoms. The van der Waals surface area contributed by atoms with Gasteiger partial charge in [0.25, 0.3) is 0 Å². The minimum Gasteiger partial charge on any atom is -0.332 e. The minimum absolute atomic E-state index is 0.936. The lowest BCUT2D eigenvalue weighted by molar-refractivity contribution is 0.512. The predicted molar refractivity (Wildman–Crippen MR) is 61.9 cm³/mol. The summed E-state index contributed by atoms with van der Waals surface area (Å²) in [5.74, 6) is 1.28. The van der Waals surface area contributed by atoms with Crippen molar-refractivity contribution >= 4 is 0 Å². The molecule has 0 fully saturated rings. The molecule has 0 amide bonds. The first-order valence-electron chi connectivity index (χ1n) is 6.14. The number of aromatic nitrogens is 2. The highest BCUT2D eigenvalue weighted by Gasteiger charge is 2.18. The van der Waals surface area contributed by atoms with Crippen LogP contribution in [-0.2, 0) is 25.9 Å². The maximum Gasteiger partial charge on any atom is 0.108 e. The summed E-state index contributed by atoms with van der Waals surface area (Å²) in [5, 5.41) is 3.38. The van der Waals surface area contributed by atoms with E-state index in [0.717, 1.165) is 19.5 Å². The minimum atomic E-state index is 0.936. The maximum absolute atomic E-state index is 4.75. The van der Waals surface area contributed by atoms with Crippen molar-refractivity contribution in [2.24, 2.45) is 0 Å². The van der Waals surface area contributed by atoms with Crippen LogP contribution >= 0.6 is 0 Å². The van der Waals surface area contributed by atoms with E-state index in [4.69, 9.17) is 4.98 Å². The highest BCUT2D eigenvalue weighted by molar-refractivity contribution is 5.19. The number of aryl methyl sites for hydroxylation is 1. The molecule has 1 aromatic rings. The molecule has 2 rings (SSSR count). The molecule has 2 heterocycles. The van der Waals surface area contributed by atoms with E-state index in [1.54, 1.807) is 0 Å². The fourth-order valence-electron chi connectivity index (χ4n) is 2.35. The lowest BCUT2D eigenvalue weighted by Gasteiger charge is -2.17. The number of nitrogens with zero attached hydrogens (tertiary/aromatic N) is 2. The van der Waals surface area contributed by atoms with Crippen LogP contribution in [-0.4, -0.2) is 16.1 Å². The van der Waals surface area contributed by atoms with Crippen LogP contribution in [0.5, 0.6) is 0 Å². The molecular weight excluding hydrogens is 186 g/mol. The Labute approximate surface area is 91.9 Å². The quantitative estimate of drug-likeness (QED) is 0.817. The van der Waals surface area contributed by atoms with E-state index in [9.17, 15) is 0 Å². The van der Waals surface area contributed by atoms with Gasteiger partial charge in [-0.1, -0.05) is 13.8 Å². The van der Waals surface area contributed by atoms with Crippen LogP contribution in [0, 0.1) is 0 Å². The van der Waals surface area contributed by atoms with Crippen LogP contribution in [0.4, 0.5) is 0 Å². The number of hydrogen-bond donors (Lipinski definition) is 1. The summed E-state index contributed by atoms with van der Waals surface area (Å²) in [4.78, 5) is 4.75. The Morgan fingerprint density at radius 3 is 2.93 bits per heavy atom. The van der Waals surface area contributed by atoms with Gasteiger partial charge in [-0.25, -0.2) is 4.98 Å². The van der Waals surface area contributed by atoms with Crippen molar-refractivity contribution in [3.05, 3.63) is 17.2 Å². The summed E-state index contributed by atoms with van der Waals surface area (Å²) in [7, 11) is 0. The van der Waals surface area contributed by atoms with Gasteiger partial charge in [-0.3, -0.25) is 0 Å². The normalized spacial score (nSPS) is 15.3. The monoisotopic (exact) mass is 207 g/mol. The molecule has 0 saturated carbocycles. The summed E-state index contributed by atoms with van der Waals surface area (Å²) in [5.41, 5.74) is 2.77. The van der Waals surface area contributed by atoms with Crippen molar-refractivity contribution in [3.8, 4) is 0 Å². The number of fused-ring (bicyclic) bond motifs is 1. The van der Waals surface area contributed by atoms with Crippen LogP contribution in [0.15, 0.2) is 0 Å². The molecule has 0 radical (unpaired) electrons. The van der Waals surface area contributed by atoms with E-state index in [2.05, 4.69) is 23.7 Å². The summed E-state index contributed by atoms with van der Waals surface area (Å²) in [6.07, 6.45) is 4.91. The molecule has 1 N–H and O–H groups in total. The van der Waals surface area contributed by atoms with Gasteiger partial charge >= 0.3 is 0 Å². The van der Waals surface area contributed by atoms with Crippen LogP contribution in [0.25, 0.3) is 0 Å². The van der Waals surface area contributed by atoms with Crippen molar-refractivity contribution < 1.29 is 0 Å². The molecule has 1 aliphatic rings. The highest BCUT2D eigenvalue weighted by atomic mass is 15.1. The lowest BCUT2D eigenvalue weighted by Crippen LogP contribution is -2.16. The van der Waals surface area contributed by atoms with Crippen molar-refractivity contribution in [1.82, 2.24) is 14.9 Å². The summed E-state index contributed by atoms with van der Waals surface area (Å²) in [6.45, 7) is 7.47. The van der Waals surface area contributed by atoms with Crippen LogP contribution in [0.3, 0.4) is 0 Å². The molecule has 1 aliphatic heterocycles. The maximum atomic E-state index is 4.75. The first-order chi connectivity index (χ1) is 7.36. The third kappa shape index (κ3) is 2.07. The molecule has 3 nitrogen and oxygen atoms in total. The summed E-state index contributed by atoms with van der Waals surface area (Å²) < 4.78 is 2.44. The van der Waals surface area contributed by atoms with Gasteiger partial charge < -0.3 is 9.88 Å². The van der Waals surface area contributed by atoms with Gasteiger partial charge in [0, 0.05) is 25.2 Å². The highest BCUT2D eigenvalue weighted by Crippen LogP contribution is 2.21. The Bertz CT molecular complexity index is 328. The SMILES string of the molecule is CCNCc1nc(CC)n2c1CCCC2. The third-order valence-electron chi connectivity index (χ3n) is 3.14. The first-order valence-corrected chi connectivity index (χ1v) is 6.14. The molecule has 84 valence electrons. The molecule has 0 unspecified atom stereocenters. The fourth-order valence-corrected chi connectivity index (χ4v) is 2.35. The summed E-state index contributed by atoms with van der Waals surface area (Å²) >= 11 is 0. The van der Waals surface area contributed by atoms with Gasteiger partial charge in [0.2, 0.25) is 0 Å². The Hall–Kier alpha value is -0.830. The van der Waals surface area contributed by atoms with Gasteiger partial charge in [-0.05, 0) is 25.8 Å². The van der Waals surface area contributed by atoms with E-state index < -0.39 is 0 Å². The lowest BCUT2D eigenvalue weighted by atomic mass is 10.1. The van der Waals surface area contributed by atoms with E-state index >= 15 is 0 Å². The number of imidazole rings is 1. The zero-order valence-corrected chi connectivity index (χ0v) is 9.84. The van der Waals surface area contributed by atoms with Gasteiger partial charge in [0.1, 0.15) is 5.82 Å². The second-order valence-corrected chi connectivity index (χ2v) is 4.16. The number of hydrogen-bond acceptors (Lipinski definition) is 2. The number of rotatable bonds is 4. The molecule has 0 aromatic carbocycles. The first kappa shape index (κ1) is 10.7. The fraction of sp³-hybridized carbons (Fsp3) is 0.750. The third-order valence-corrected chi connectivity index (χ3v) is 3.14. The molecular formula is C12H21N3. The molecule has 1 aromatic heterocycles. The van der Waals surface area contributed by atoms with E-state index in [1.807, 2.05) is 0 Å². The predicted octanol–water partition coefficient (Wildman–Crippen LogP) is 1.89. The van der Waals surface area contributed by atoms with Gasteiger partial charge in [0.05, 0.1) is 5.69 Å². The molecule has 0 saturated heterocycles. The summed E-state index contributed by atoms with van der Waals surface area (Å²) in [6, 6.07) is 0. The second-order valence-electron chi connectivity index (χ2n) is 4.16. The smallest absolute Gasteiger partial charge is 0.108 e. The van der Waals surface area contributed by atoms with E-state index in [0.29, 0.717) is 0 Å². The van der Waals surface area contributed by atoms with Crippen molar-refractivity contribution in [1.29, 1.82) is 0 Å². The van der Waals surface area contributed by atoms with Crippen LogP contribution < -0.4 is 5.32 Å². The number of nitrogens with one attached hydrogen (secondary N) is 1. The van der Waals surface area contributed by atoms with E-state index in [1.165, 1.54) is 43.0 Å². The zero-order chi connectivity index (χ0) is 10.7. The van der Waals surface area contributed by atoms with Gasteiger partial charge in [-0.15, -0.1) is 0 Å².